The molecule has 0 amide bonds. The maximum atomic E-state index is 3.60. The van der Waals surface area contributed by atoms with Crippen LogP contribution in [0, 0.1) is 11.8 Å². The molecule has 0 aliphatic carbocycles. The smallest absolute Gasteiger partial charge is 0.0414 e. The van der Waals surface area contributed by atoms with Crippen molar-refractivity contribution in [2.24, 2.45) is 11.8 Å². The molecule has 2 rings (SSSR count). The summed E-state index contributed by atoms with van der Waals surface area (Å²) in [5.41, 5.74) is 2.87. The Kier molecular flexibility index (Phi) is 4.87. The highest BCUT2D eigenvalue weighted by Gasteiger charge is 2.30. The van der Waals surface area contributed by atoms with Gasteiger partial charge in [-0.1, -0.05) is 39.0 Å². The van der Waals surface area contributed by atoms with Crippen molar-refractivity contribution in [2.45, 2.75) is 40.2 Å². The average Bonchev–Trinajstić information content (AvgIpc) is 2.34. The summed E-state index contributed by atoms with van der Waals surface area (Å²) in [5.74, 6) is 1.67. The summed E-state index contributed by atoms with van der Waals surface area (Å²) in [5, 5.41) is 3.60. The highest BCUT2D eigenvalue weighted by Crippen LogP contribution is 2.33. The maximum absolute atomic E-state index is 3.60. The van der Waals surface area contributed by atoms with Crippen LogP contribution in [0.25, 0.3) is 0 Å². The number of para-hydroxylation sites is 1. The minimum Gasteiger partial charge on any atom is -0.371 e. The van der Waals surface area contributed by atoms with Crippen LogP contribution in [0.3, 0.4) is 0 Å². The largest absolute Gasteiger partial charge is 0.371 e. The fraction of sp³-hybridized carbons (Fsp3) is 0.647. The van der Waals surface area contributed by atoms with Crippen molar-refractivity contribution in [1.82, 2.24) is 5.32 Å². The van der Waals surface area contributed by atoms with Gasteiger partial charge in [-0.3, -0.25) is 0 Å². The molecule has 19 heavy (non-hydrogen) atoms. The second-order valence-corrected chi connectivity index (χ2v) is 6.14. The molecule has 1 heterocycles. The van der Waals surface area contributed by atoms with E-state index in [-0.39, 0.29) is 0 Å². The fourth-order valence-electron chi connectivity index (χ4n) is 2.74. The maximum Gasteiger partial charge on any atom is 0.0414 e. The van der Waals surface area contributed by atoms with Crippen molar-refractivity contribution in [3.05, 3.63) is 29.8 Å². The average molecular weight is 260 g/mol. The number of nitrogens with zero attached hydrogens (tertiary/aromatic N) is 1. The predicted molar refractivity (Wildman–Crippen MR) is 83.7 cm³/mol. The van der Waals surface area contributed by atoms with E-state index in [1.54, 1.807) is 0 Å². The molecular formula is C17H28N2. The standard InChI is InChI=1S/C17H28N2/c1-5-10-18-14(4)16-8-6-7-9-17(16)19-11-15(12-19)13(2)3/h6-9,13-15,18H,5,10-12H2,1-4H3. The van der Waals surface area contributed by atoms with Crippen LogP contribution in [-0.2, 0) is 0 Å². The Morgan fingerprint density at radius 3 is 2.53 bits per heavy atom. The molecule has 1 saturated heterocycles. The molecule has 1 aromatic rings. The van der Waals surface area contributed by atoms with Gasteiger partial charge in [0.15, 0.2) is 0 Å². The third-order valence-electron chi connectivity index (χ3n) is 4.30. The molecule has 0 spiro atoms. The summed E-state index contributed by atoms with van der Waals surface area (Å²) in [6.45, 7) is 12.7. The van der Waals surface area contributed by atoms with Gasteiger partial charge in [-0.05, 0) is 43.4 Å². The SMILES string of the molecule is CCCNC(C)c1ccccc1N1CC(C(C)C)C1. The summed E-state index contributed by atoms with van der Waals surface area (Å²) >= 11 is 0. The van der Waals surface area contributed by atoms with Gasteiger partial charge in [-0.2, -0.15) is 0 Å². The van der Waals surface area contributed by atoms with Crippen molar-refractivity contribution in [3.63, 3.8) is 0 Å². The third kappa shape index (κ3) is 3.30. The van der Waals surface area contributed by atoms with E-state index in [0.717, 1.165) is 18.4 Å². The van der Waals surface area contributed by atoms with Gasteiger partial charge in [0.25, 0.3) is 0 Å². The van der Waals surface area contributed by atoms with Crippen molar-refractivity contribution >= 4 is 5.69 Å². The first-order valence-corrected chi connectivity index (χ1v) is 7.70. The molecule has 1 aliphatic rings. The molecule has 106 valence electrons. The van der Waals surface area contributed by atoms with Gasteiger partial charge in [-0.25, -0.2) is 0 Å². The number of hydrogen-bond donors (Lipinski definition) is 1. The molecule has 0 radical (unpaired) electrons. The lowest BCUT2D eigenvalue weighted by Crippen LogP contribution is -2.49. The van der Waals surface area contributed by atoms with E-state index >= 15 is 0 Å². The normalized spacial score (nSPS) is 17.6. The Morgan fingerprint density at radius 2 is 1.89 bits per heavy atom. The van der Waals surface area contributed by atoms with E-state index < -0.39 is 0 Å². The summed E-state index contributed by atoms with van der Waals surface area (Å²) in [4.78, 5) is 2.53. The van der Waals surface area contributed by atoms with Crippen LogP contribution >= 0.6 is 0 Å². The molecule has 1 unspecified atom stereocenters. The lowest BCUT2D eigenvalue weighted by molar-refractivity contribution is 0.309. The van der Waals surface area contributed by atoms with E-state index in [0.29, 0.717) is 6.04 Å². The highest BCUT2D eigenvalue weighted by molar-refractivity contribution is 5.56. The van der Waals surface area contributed by atoms with Gasteiger partial charge in [-0.15, -0.1) is 0 Å². The zero-order chi connectivity index (χ0) is 13.8. The zero-order valence-corrected chi connectivity index (χ0v) is 12.8. The van der Waals surface area contributed by atoms with Crippen LogP contribution in [0.2, 0.25) is 0 Å². The van der Waals surface area contributed by atoms with Crippen molar-refractivity contribution in [1.29, 1.82) is 0 Å². The minimum absolute atomic E-state index is 0.439. The summed E-state index contributed by atoms with van der Waals surface area (Å²) in [6, 6.07) is 9.30. The van der Waals surface area contributed by atoms with Crippen LogP contribution in [-0.4, -0.2) is 19.6 Å². The third-order valence-corrected chi connectivity index (χ3v) is 4.30. The van der Waals surface area contributed by atoms with Crippen LogP contribution in [0.1, 0.15) is 45.7 Å². The number of nitrogens with one attached hydrogen (secondary N) is 1. The van der Waals surface area contributed by atoms with Crippen LogP contribution in [0.5, 0.6) is 0 Å². The van der Waals surface area contributed by atoms with Crippen molar-refractivity contribution in [3.8, 4) is 0 Å². The van der Waals surface area contributed by atoms with E-state index in [1.165, 1.54) is 30.8 Å². The first kappa shape index (κ1) is 14.4. The fourth-order valence-corrected chi connectivity index (χ4v) is 2.74. The molecule has 1 aromatic carbocycles. The van der Waals surface area contributed by atoms with Crippen molar-refractivity contribution < 1.29 is 0 Å². The number of benzene rings is 1. The molecule has 1 fully saturated rings. The number of rotatable bonds is 6. The lowest BCUT2D eigenvalue weighted by atomic mass is 9.87. The summed E-state index contributed by atoms with van der Waals surface area (Å²) < 4.78 is 0. The molecule has 1 aliphatic heterocycles. The number of anilines is 1. The second-order valence-electron chi connectivity index (χ2n) is 6.14. The van der Waals surface area contributed by atoms with Crippen LogP contribution < -0.4 is 10.2 Å². The van der Waals surface area contributed by atoms with Gasteiger partial charge in [0.1, 0.15) is 0 Å². The van der Waals surface area contributed by atoms with Gasteiger partial charge < -0.3 is 10.2 Å². The number of hydrogen-bond acceptors (Lipinski definition) is 2. The topological polar surface area (TPSA) is 15.3 Å². The molecule has 0 bridgehead atoms. The van der Waals surface area contributed by atoms with Crippen molar-refractivity contribution in [2.75, 3.05) is 24.5 Å². The summed E-state index contributed by atoms with van der Waals surface area (Å²) in [6.07, 6.45) is 1.19. The van der Waals surface area contributed by atoms with E-state index in [9.17, 15) is 0 Å². The summed E-state index contributed by atoms with van der Waals surface area (Å²) in [7, 11) is 0. The minimum atomic E-state index is 0.439. The molecule has 1 atom stereocenters. The van der Waals surface area contributed by atoms with Crippen LogP contribution in [0.15, 0.2) is 24.3 Å². The predicted octanol–water partition coefficient (Wildman–Crippen LogP) is 3.84. The first-order valence-electron chi connectivity index (χ1n) is 7.70. The van der Waals surface area contributed by atoms with E-state index in [1.807, 2.05) is 0 Å². The first-order chi connectivity index (χ1) is 9.13. The molecule has 2 nitrogen and oxygen atoms in total. The Labute approximate surface area is 118 Å². The lowest BCUT2D eigenvalue weighted by Gasteiger charge is -2.44. The van der Waals surface area contributed by atoms with Crippen LogP contribution in [0.4, 0.5) is 5.69 Å². The Hall–Kier alpha value is -1.02. The van der Waals surface area contributed by atoms with Gasteiger partial charge >= 0.3 is 0 Å². The molecule has 1 N–H and O–H groups in total. The Bertz CT molecular complexity index is 394. The molecule has 0 aromatic heterocycles. The Morgan fingerprint density at radius 1 is 1.21 bits per heavy atom. The Balaban J connectivity index is 2.05. The molecule has 2 heteroatoms. The second kappa shape index (κ2) is 6.42. The zero-order valence-electron chi connectivity index (χ0n) is 12.8. The van der Waals surface area contributed by atoms with Gasteiger partial charge in [0.2, 0.25) is 0 Å². The monoisotopic (exact) mass is 260 g/mol. The quantitative estimate of drug-likeness (QED) is 0.836. The highest BCUT2D eigenvalue weighted by atomic mass is 15.2. The molecular weight excluding hydrogens is 232 g/mol. The molecule has 0 saturated carbocycles. The van der Waals surface area contributed by atoms with Gasteiger partial charge in [0, 0.05) is 24.8 Å². The van der Waals surface area contributed by atoms with E-state index in [4.69, 9.17) is 0 Å². The van der Waals surface area contributed by atoms with E-state index in [2.05, 4.69) is 62.2 Å². The van der Waals surface area contributed by atoms with Gasteiger partial charge in [0.05, 0.1) is 0 Å².